The Bertz CT molecular complexity index is 869. The summed E-state index contributed by atoms with van der Waals surface area (Å²) in [5, 5.41) is 4.70. The SMILES string of the molecule is O=C1C[C@H](c2cccs2)c2ncn(-c3cc(F)cc(F)c3)c2N1. The van der Waals surface area contributed by atoms with Crippen molar-refractivity contribution >= 4 is 23.1 Å². The van der Waals surface area contributed by atoms with Crippen molar-refractivity contribution in [3.8, 4) is 5.69 Å². The Morgan fingerprint density at radius 3 is 2.74 bits per heavy atom. The number of rotatable bonds is 2. The number of hydrogen-bond acceptors (Lipinski definition) is 3. The minimum absolute atomic E-state index is 0.140. The van der Waals surface area contributed by atoms with Gasteiger partial charge in [0.1, 0.15) is 23.8 Å². The van der Waals surface area contributed by atoms with Crippen LogP contribution in [0.15, 0.2) is 42.0 Å². The Hall–Kier alpha value is -2.54. The summed E-state index contributed by atoms with van der Waals surface area (Å²) < 4.78 is 28.4. The molecule has 1 aromatic carbocycles. The molecule has 0 aliphatic carbocycles. The van der Waals surface area contributed by atoms with E-state index in [1.807, 2.05) is 17.5 Å². The maximum atomic E-state index is 13.5. The van der Waals surface area contributed by atoms with Gasteiger partial charge in [0.15, 0.2) is 0 Å². The van der Waals surface area contributed by atoms with Crippen LogP contribution in [0.4, 0.5) is 14.6 Å². The van der Waals surface area contributed by atoms with Crippen molar-refractivity contribution in [2.24, 2.45) is 0 Å². The fourth-order valence-corrected chi connectivity index (χ4v) is 3.64. The topological polar surface area (TPSA) is 46.9 Å². The molecule has 1 atom stereocenters. The van der Waals surface area contributed by atoms with Crippen molar-refractivity contribution in [3.05, 3.63) is 64.2 Å². The first-order valence-corrected chi connectivity index (χ1v) is 7.87. The molecule has 3 aromatic rings. The second-order valence-corrected chi connectivity index (χ2v) is 6.28. The summed E-state index contributed by atoms with van der Waals surface area (Å²) >= 11 is 1.56. The summed E-state index contributed by atoms with van der Waals surface area (Å²) in [4.78, 5) is 17.5. The molecule has 0 bridgehead atoms. The second-order valence-electron chi connectivity index (χ2n) is 5.30. The molecule has 0 saturated heterocycles. The van der Waals surface area contributed by atoms with Crippen LogP contribution < -0.4 is 5.32 Å². The average molecular weight is 331 g/mol. The summed E-state index contributed by atoms with van der Waals surface area (Å²) in [6, 6.07) is 7.08. The first-order valence-electron chi connectivity index (χ1n) is 6.99. The first kappa shape index (κ1) is 14.1. The molecule has 1 aliphatic rings. The predicted octanol–water partition coefficient (Wildman–Crippen LogP) is 3.69. The first-order chi connectivity index (χ1) is 11.1. The molecule has 0 unspecified atom stereocenters. The number of nitrogens with one attached hydrogen (secondary N) is 1. The van der Waals surface area contributed by atoms with E-state index in [4.69, 9.17) is 0 Å². The summed E-state index contributed by atoms with van der Waals surface area (Å²) in [6.45, 7) is 0. The fourth-order valence-electron chi connectivity index (χ4n) is 2.81. The average Bonchev–Trinajstić information content (AvgIpc) is 3.14. The van der Waals surface area contributed by atoms with E-state index in [-0.39, 0.29) is 17.5 Å². The highest BCUT2D eigenvalue weighted by Gasteiger charge is 2.31. The van der Waals surface area contributed by atoms with E-state index in [0.717, 1.165) is 10.9 Å². The van der Waals surface area contributed by atoms with Crippen LogP contribution in [0.3, 0.4) is 0 Å². The summed E-state index contributed by atoms with van der Waals surface area (Å²) in [6.07, 6.45) is 1.78. The lowest BCUT2D eigenvalue weighted by Crippen LogP contribution is -2.24. The molecule has 0 fully saturated rings. The van der Waals surface area contributed by atoms with Gasteiger partial charge in [-0.05, 0) is 23.6 Å². The number of aromatic nitrogens is 2. The molecule has 4 nitrogen and oxygen atoms in total. The van der Waals surface area contributed by atoms with Gasteiger partial charge in [0, 0.05) is 23.3 Å². The maximum Gasteiger partial charge on any atom is 0.226 e. The molecule has 116 valence electrons. The highest BCUT2D eigenvalue weighted by Crippen LogP contribution is 2.38. The van der Waals surface area contributed by atoms with Crippen molar-refractivity contribution in [3.63, 3.8) is 0 Å². The third-order valence-corrected chi connectivity index (χ3v) is 4.77. The van der Waals surface area contributed by atoms with E-state index in [1.165, 1.54) is 23.0 Å². The zero-order valence-corrected chi connectivity index (χ0v) is 12.6. The molecule has 0 saturated carbocycles. The van der Waals surface area contributed by atoms with E-state index < -0.39 is 11.6 Å². The van der Waals surface area contributed by atoms with Crippen LogP contribution >= 0.6 is 11.3 Å². The smallest absolute Gasteiger partial charge is 0.226 e. The van der Waals surface area contributed by atoms with Gasteiger partial charge in [-0.25, -0.2) is 13.8 Å². The van der Waals surface area contributed by atoms with Crippen LogP contribution in [0.25, 0.3) is 5.69 Å². The number of halogens is 2. The van der Waals surface area contributed by atoms with Crippen LogP contribution in [-0.4, -0.2) is 15.5 Å². The Morgan fingerprint density at radius 1 is 1.26 bits per heavy atom. The largest absolute Gasteiger partial charge is 0.310 e. The molecule has 23 heavy (non-hydrogen) atoms. The second kappa shape index (κ2) is 5.27. The highest BCUT2D eigenvalue weighted by atomic mass is 32.1. The van der Waals surface area contributed by atoms with Crippen molar-refractivity contribution < 1.29 is 13.6 Å². The Labute approximate surface area is 134 Å². The number of imidazole rings is 1. The minimum atomic E-state index is -0.681. The summed E-state index contributed by atoms with van der Waals surface area (Å²) in [5.74, 6) is -1.18. The standard InChI is InChI=1S/C16H11F2N3OS/c17-9-4-10(18)6-11(5-9)21-8-19-15-12(13-2-1-3-23-13)7-14(22)20-16(15)21/h1-6,8,12H,7H2,(H,20,22)/t12-/m1/s1. The van der Waals surface area contributed by atoms with Gasteiger partial charge < -0.3 is 5.32 Å². The number of thiophene rings is 1. The third kappa shape index (κ3) is 2.43. The van der Waals surface area contributed by atoms with E-state index >= 15 is 0 Å². The molecule has 3 heterocycles. The molecule has 1 amide bonds. The highest BCUT2D eigenvalue weighted by molar-refractivity contribution is 7.10. The zero-order chi connectivity index (χ0) is 16.0. The van der Waals surface area contributed by atoms with E-state index in [0.29, 0.717) is 17.9 Å². The van der Waals surface area contributed by atoms with Crippen LogP contribution in [0.5, 0.6) is 0 Å². The Morgan fingerprint density at radius 2 is 2.04 bits per heavy atom. The van der Waals surface area contributed by atoms with Crippen LogP contribution in [-0.2, 0) is 4.79 Å². The van der Waals surface area contributed by atoms with Gasteiger partial charge in [0.05, 0.1) is 11.4 Å². The Kier molecular flexibility index (Phi) is 3.23. The number of nitrogens with zero attached hydrogens (tertiary/aromatic N) is 2. The van der Waals surface area contributed by atoms with Gasteiger partial charge in [-0.15, -0.1) is 11.3 Å². The van der Waals surface area contributed by atoms with Gasteiger partial charge in [-0.1, -0.05) is 6.07 Å². The van der Waals surface area contributed by atoms with Crippen LogP contribution in [0, 0.1) is 11.6 Å². The van der Waals surface area contributed by atoms with Gasteiger partial charge in [-0.2, -0.15) is 0 Å². The van der Waals surface area contributed by atoms with Crippen molar-refractivity contribution in [1.82, 2.24) is 9.55 Å². The molecule has 0 spiro atoms. The molecular formula is C16H11F2N3OS. The predicted molar refractivity (Wildman–Crippen MR) is 82.9 cm³/mol. The quantitative estimate of drug-likeness (QED) is 0.778. The molecule has 7 heteroatoms. The summed E-state index contributed by atoms with van der Waals surface area (Å²) in [5.41, 5.74) is 0.986. The number of hydrogen-bond donors (Lipinski definition) is 1. The lowest BCUT2D eigenvalue weighted by Gasteiger charge is -2.22. The third-order valence-electron chi connectivity index (χ3n) is 3.79. The maximum absolute atomic E-state index is 13.5. The monoisotopic (exact) mass is 331 g/mol. The lowest BCUT2D eigenvalue weighted by atomic mass is 9.96. The van der Waals surface area contributed by atoms with Crippen LogP contribution in [0.1, 0.15) is 22.9 Å². The van der Waals surface area contributed by atoms with E-state index in [2.05, 4.69) is 10.3 Å². The van der Waals surface area contributed by atoms with Gasteiger partial charge in [0.2, 0.25) is 5.91 Å². The van der Waals surface area contributed by atoms with Crippen molar-refractivity contribution in [1.29, 1.82) is 0 Å². The minimum Gasteiger partial charge on any atom is -0.310 e. The number of anilines is 1. The number of fused-ring (bicyclic) bond motifs is 1. The van der Waals surface area contributed by atoms with Gasteiger partial charge in [-0.3, -0.25) is 9.36 Å². The summed E-state index contributed by atoms with van der Waals surface area (Å²) in [7, 11) is 0. The number of carbonyl (C=O) groups excluding carboxylic acids is 1. The van der Waals surface area contributed by atoms with Crippen molar-refractivity contribution in [2.45, 2.75) is 12.3 Å². The van der Waals surface area contributed by atoms with Crippen molar-refractivity contribution in [2.75, 3.05) is 5.32 Å². The van der Waals surface area contributed by atoms with Gasteiger partial charge >= 0.3 is 0 Å². The van der Waals surface area contributed by atoms with E-state index in [1.54, 1.807) is 11.3 Å². The normalized spacial score (nSPS) is 17.0. The molecule has 0 radical (unpaired) electrons. The Balaban J connectivity index is 1.85. The number of amides is 1. The number of benzene rings is 1. The molecule has 1 N–H and O–H groups in total. The van der Waals surface area contributed by atoms with Crippen LogP contribution in [0.2, 0.25) is 0 Å². The molecule has 1 aliphatic heterocycles. The van der Waals surface area contributed by atoms with E-state index in [9.17, 15) is 13.6 Å². The molecule has 2 aromatic heterocycles. The number of carbonyl (C=O) groups is 1. The lowest BCUT2D eigenvalue weighted by molar-refractivity contribution is -0.116. The molecular weight excluding hydrogens is 320 g/mol. The molecule has 4 rings (SSSR count). The van der Waals surface area contributed by atoms with Gasteiger partial charge in [0.25, 0.3) is 0 Å². The zero-order valence-electron chi connectivity index (χ0n) is 11.8. The fraction of sp³-hybridized carbons (Fsp3) is 0.125.